The average Bonchev–Trinajstić information content (AvgIpc) is 3.14. The Morgan fingerprint density at radius 2 is 1.94 bits per heavy atom. The van der Waals surface area contributed by atoms with Crippen LogP contribution in [0.3, 0.4) is 0 Å². The Morgan fingerprint density at radius 3 is 2.47 bits per heavy atom. The molecule has 4 nitrogen and oxygen atoms in total. The second-order valence-electron chi connectivity index (χ2n) is 5.83. The molecule has 1 unspecified atom stereocenters. The molecule has 0 radical (unpaired) electrons. The standard InChI is InChI=1S/C13H26N2O2/c1-15(8-11-4-6-17-7-5-11)10-13(16,9-14)12-2-3-12/h11-12,16H,2-10,14H2,1H3. The van der Waals surface area contributed by atoms with Gasteiger partial charge in [0.2, 0.25) is 0 Å². The van der Waals surface area contributed by atoms with Gasteiger partial charge in [0.25, 0.3) is 0 Å². The molecule has 2 aliphatic rings. The second-order valence-corrected chi connectivity index (χ2v) is 5.83. The summed E-state index contributed by atoms with van der Waals surface area (Å²) in [6.45, 7) is 3.93. The molecular weight excluding hydrogens is 216 g/mol. The maximum absolute atomic E-state index is 10.5. The molecule has 1 aliphatic carbocycles. The highest BCUT2D eigenvalue weighted by Crippen LogP contribution is 2.39. The van der Waals surface area contributed by atoms with E-state index in [0.29, 0.717) is 19.0 Å². The third kappa shape index (κ3) is 3.65. The molecule has 0 spiro atoms. The van der Waals surface area contributed by atoms with E-state index in [0.717, 1.165) is 51.4 Å². The first-order valence-electron chi connectivity index (χ1n) is 6.83. The van der Waals surface area contributed by atoms with Crippen LogP contribution in [0.5, 0.6) is 0 Å². The lowest BCUT2D eigenvalue weighted by molar-refractivity contribution is -0.0115. The van der Waals surface area contributed by atoms with Gasteiger partial charge in [-0.15, -0.1) is 0 Å². The van der Waals surface area contributed by atoms with Crippen molar-refractivity contribution in [2.45, 2.75) is 31.3 Å². The monoisotopic (exact) mass is 242 g/mol. The lowest BCUT2D eigenvalue weighted by Crippen LogP contribution is -2.50. The zero-order valence-corrected chi connectivity index (χ0v) is 10.9. The molecule has 1 heterocycles. The molecule has 2 rings (SSSR count). The van der Waals surface area contributed by atoms with Gasteiger partial charge in [0.1, 0.15) is 0 Å². The molecule has 17 heavy (non-hydrogen) atoms. The fourth-order valence-corrected chi connectivity index (χ4v) is 2.88. The Balaban J connectivity index is 1.76. The predicted octanol–water partition coefficient (Wildman–Crippen LogP) is 0.445. The number of rotatable bonds is 6. The molecule has 1 atom stereocenters. The van der Waals surface area contributed by atoms with E-state index in [-0.39, 0.29) is 0 Å². The molecule has 1 saturated carbocycles. The summed E-state index contributed by atoms with van der Waals surface area (Å²) in [6, 6.07) is 0. The van der Waals surface area contributed by atoms with Crippen LogP contribution in [0.2, 0.25) is 0 Å². The van der Waals surface area contributed by atoms with Gasteiger partial charge in [0.05, 0.1) is 5.60 Å². The van der Waals surface area contributed by atoms with Gasteiger partial charge in [-0.3, -0.25) is 0 Å². The number of nitrogens with two attached hydrogens (primary N) is 1. The van der Waals surface area contributed by atoms with E-state index in [1.807, 2.05) is 0 Å². The molecule has 0 aromatic carbocycles. The smallest absolute Gasteiger partial charge is 0.0923 e. The molecule has 0 bridgehead atoms. The van der Waals surface area contributed by atoms with E-state index in [2.05, 4.69) is 11.9 Å². The minimum absolute atomic E-state index is 0.385. The molecular formula is C13H26N2O2. The van der Waals surface area contributed by atoms with Gasteiger partial charge in [0.15, 0.2) is 0 Å². The first kappa shape index (κ1) is 13.3. The lowest BCUT2D eigenvalue weighted by atomic mass is 9.95. The summed E-state index contributed by atoms with van der Waals surface area (Å²) < 4.78 is 5.36. The Bertz CT molecular complexity index is 240. The van der Waals surface area contributed by atoms with Gasteiger partial charge < -0.3 is 20.5 Å². The van der Waals surface area contributed by atoms with Crippen molar-refractivity contribution in [2.75, 3.05) is 39.9 Å². The SMILES string of the molecule is CN(CC1CCOCC1)CC(O)(CN)C1CC1. The fourth-order valence-electron chi connectivity index (χ4n) is 2.88. The summed E-state index contributed by atoms with van der Waals surface area (Å²) in [6.07, 6.45) is 4.57. The maximum Gasteiger partial charge on any atom is 0.0923 e. The zero-order valence-electron chi connectivity index (χ0n) is 10.9. The van der Waals surface area contributed by atoms with E-state index >= 15 is 0 Å². The Hall–Kier alpha value is -0.160. The van der Waals surface area contributed by atoms with E-state index in [9.17, 15) is 5.11 Å². The fraction of sp³-hybridized carbons (Fsp3) is 1.00. The predicted molar refractivity (Wildman–Crippen MR) is 67.8 cm³/mol. The third-order valence-electron chi connectivity index (χ3n) is 4.15. The number of likely N-dealkylation sites (N-methyl/N-ethyl adjacent to an activating group) is 1. The van der Waals surface area contributed by atoms with Crippen LogP contribution in [0.4, 0.5) is 0 Å². The normalized spacial score (nSPS) is 26.1. The Morgan fingerprint density at radius 1 is 1.29 bits per heavy atom. The highest BCUT2D eigenvalue weighted by Gasteiger charge is 2.43. The van der Waals surface area contributed by atoms with Crippen molar-refractivity contribution in [2.24, 2.45) is 17.6 Å². The minimum Gasteiger partial charge on any atom is -0.387 e. The molecule has 100 valence electrons. The largest absolute Gasteiger partial charge is 0.387 e. The molecule has 1 saturated heterocycles. The van der Waals surface area contributed by atoms with E-state index in [4.69, 9.17) is 10.5 Å². The van der Waals surface area contributed by atoms with Crippen LogP contribution in [0.15, 0.2) is 0 Å². The van der Waals surface area contributed by atoms with E-state index < -0.39 is 5.60 Å². The molecule has 0 aromatic rings. The summed E-state index contributed by atoms with van der Waals surface area (Å²) in [5, 5.41) is 10.5. The number of nitrogens with zero attached hydrogens (tertiary/aromatic N) is 1. The molecule has 4 heteroatoms. The second kappa shape index (κ2) is 5.65. The van der Waals surface area contributed by atoms with Crippen LogP contribution >= 0.6 is 0 Å². The lowest BCUT2D eigenvalue weighted by Gasteiger charge is -2.34. The summed E-state index contributed by atoms with van der Waals surface area (Å²) in [4.78, 5) is 2.25. The molecule has 0 aromatic heterocycles. The van der Waals surface area contributed by atoms with Gasteiger partial charge in [-0.05, 0) is 44.6 Å². The van der Waals surface area contributed by atoms with Crippen LogP contribution < -0.4 is 5.73 Å². The average molecular weight is 242 g/mol. The van der Waals surface area contributed by atoms with Gasteiger partial charge in [-0.2, -0.15) is 0 Å². The summed E-state index contributed by atoms with van der Waals surface area (Å²) in [5.74, 6) is 1.15. The molecule has 2 fully saturated rings. The maximum atomic E-state index is 10.5. The van der Waals surface area contributed by atoms with Crippen molar-refractivity contribution in [1.29, 1.82) is 0 Å². The van der Waals surface area contributed by atoms with Crippen molar-refractivity contribution in [3.8, 4) is 0 Å². The summed E-state index contributed by atoms with van der Waals surface area (Å²) in [5.41, 5.74) is 5.08. The Kier molecular flexibility index (Phi) is 4.42. The molecule has 0 amide bonds. The highest BCUT2D eigenvalue weighted by atomic mass is 16.5. The number of hydrogen-bond donors (Lipinski definition) is 2. The van der Waals surface area contributed by atoms with Crippen molar-refractivity contribution < 1.29 is 9.84 Å². The molecule has 3 N–H and O–H groups in total. The number of aliphatic hydroxyl groups is 1. The van der Waals surface area contributed by atoms with Gasteiger partial charge in [0, 0.05) is 32.8 Å². The third-order valence-corrected chi connectivity index (χ3v) is 4.15. The first-order chi connectivity index (χ1) is 8.14. The van der Waals surface area contributed by atoms with Crippen LogP contribution in [-0.4, -0.2) is 55.5 Å². The first-order valence-corrected chi connectivity index (χ1v) is 6.83. The van der Waals surface area contributed by atoms with Crippen molar-refractivity contribution in [3.63, 3.8) is 0 Å². The van der Waals surface area contributed by atoms with Crippen molar-refractivity contribution in [3.05, 3.63) is 0 Å². The van der Waals surface area contributed by atoms with E-state index in [1.54, 1.807) is 0 Å². The van der Waals surface area contributed by atoms with Gasteiger partial charge in [-0.25, -0.2) is 0 Å². The van der Waals surface area contributed by atoms with Crippen LogP contribution in [0.25, 0.3) is 0 Å². The van der Waals surface area contributed by atoms with Crippen LogP contribution in [0.1, 0.15) is 25.7 Å². The Labute approximate surface area is 104 Å². The highest BCUT2D eigenvalue weighted by molar-refractivity contribution is 4.97. The number of hydrogen-bond acceptors (Lipinski definition) is 4. The van der Waals surface area contributed by atoms with E-state index in [1.165, 1.54) is 0 Å². The summed E-state index contributed by atoms with van der Waals surface area (Å²) >= 11 is 0. The summed E-state index contributed by atoms with van der Waals surface area (Å²) in [7, 11) is 2.10. The van der Waals surface area contributed by atoms with Crippen molar-refractivity contribution >= 4 is 0 Å². The quantitative estimate of drug-likeness (QED) is 0.710. The van der Waals surface area contributed by atoms with Crippen LogP contribution in [0, 0.1) is 11.8 Å². The van der Waals surface area contributed by atoms with Crippen molar-refractivity contribution in [1.82, 2.24) is 4.90 Å². The number of ether oxygens (including phenoxy) is 1. The minimum atomic E-state index is -0.653. The topological polar surface area (TPSA) is 58.7 Å². The zero-order chi connectivity index (χ0) is 12.3. The van der Waals surface area contributed by atoms with Gasteiger partial charge in [-0.1, -0.05) is 0 Å². The molecule has 1 aliphatic heterocycles. The van der Waals surface area contributed by atoms with Gasteiger partial charge >= 0.3 is 0 Å². The van der Waals surface area contributed by atoms with Crippen LogP contribution in [-0.2, 0) is 4.74 Å².